The highest BCUT2D eigenvalue weighted by atomic mass is 16.5. The molecule has 134 valence electrons. The smallest absolute Gasteiger partial charge is 0.234 e. The van der Waals surface area contributed by atoms with Crippen molar-refractivity contribution in [3.8, 4) is 5.75 Å². The van der Waals surface area contributed by atoms with Gasteiger partial charge in [-0.1, -0.05) is 19.1 Å². The second kappa shape index (κ2) is 10.3. The minimum atomic E-state index is 0.0467. The molecule has 6 heteroatoms. The fourth-order valence-electron chi connectivity index (χ4n) is 2.74. The van der Waals surface area contributed by atoms with E-state index in [0.29, 0.717) is 19.7 Å². The Balaban J connectivity index is 1.70. The molecular weight excluding hydrogens is 306 g/mol. The van der Waals surface area contributed by atoms with E-state index in [2.05, 4.69) is 22.0 Å². The first-order chi connectivity index (χ1) is 11.7. The summed E-state index contributed by atoms with van der Waals surface area (Å²) in [7, 11) is 0. The lowest BCUT2D eigenvalue weighted by Crippen LogP contribution is -2.49. The van der Waals surface area contributed by atoms with E-state index in [4.69, 9.17) is 9.84 Å². The first-order valence-electron chi connectivity index (χ1n) is 8.75. The monoisotopic (exact) mass is 335 g/mol. The van der Waals surface area contributed by atoms with E-state index in [0.717, 1.165) is 50.5 Å². The number of hydrogen-bond donors (Lipinski definition) is 2. The van der Waals surface area contributed by atoms with Crippen LogP contribution < -0.4 is 10.1 Å². The summed E-state index contributed by atoms with van der Waals surface area (Å²) in [6, 6.07) is 7.86. The molecule has 1 saturated heterocycles. The molecule has 0 aromatic heterocycles. The molecule has 2 rings (SSSR count). The maximum atomic E-state index is 12.1. The summed E-state index contributed by atoms with van der Waals surface area (Å²) < 4.78 is 5.61. The van der Waals surface area contributed by atoms with Gasteiger partial charge >= 0.3 is 0 Å². The number of nitrogens with one attached hydrogen (secondary N) is 1. The Morgan fingerprint density at radius 1 is 1.25 bits per heavy atom. The summed E-state index contributed by atoms with van der Waals surface area (Å²) in [6.07, 6.45) is 0.979. The van der Waals surface area contributed by atoms with Crippen molar-refractivity contribution >= 4 is 5.91 Å². The standard InChI is InChI=1S/C18H29N3O3/c1-2-12-24-17-5-3-4-16(13-17)14-19-18(23)15-21-8-6-20(7-9-21)10-11-22/h3-5,13,22H,2,6-12,14-15H2,1H3,(H,19,23). The Bertz CT molecular complexity index is 502. The quantitative estimate of drug-likeness (QED) is 0.696. The number of ether oxygens (including phenoxy) is 1. The second-order valence-electron chi connectivity index (χ2n) is 6.11. The third-order valence-corrected chi connectivity index (χ3v) is 4.11. The van der Waals surface area contributed by atoms with Crippen molar-refractivity contribution in [2.75, 3.05) is 52.5 Å². The van der Waals surface area contributed by atoms with E-state index < -0.39 is 0 Å². The normalized spacial score (nSPS) is 16.1. The third kappa shape index (κ3) is 6.47. The molecule has 1 aromatic carbocycles. The molecule has 1 aromatic rings. The average Bonchev–Trinajstić information content (AvgIpc) is 2.60. The summed E-state index contributed by atoms with van der Waals surface area (Å²) in [5, 5.41) is 11.9. The van der Waals surface area contributed by atoms with Gasteiger partial charge in [-0.05, 0) is 24.1 Å². The molecule has 1 fully saturated rings. The van der Waals surface area contributed by atoms with Gasteiger partial charge in [-0.15, -0.1) is 0 Å². The molecule has 0 spiro atoms. The zero-order chi connectivity index (χ0) is 17.2. The fraction of sp³-hybridized carbons (Fsp3) is 0.611. The van der Waals surface area contributed by atoms with Crippen molar-refractivity contribution in [3.63, 3.8) is 0 Å². The van der Waals surface area contributed by atoms with Crippen molar-refractivity contribution in [2.45, 2.75) is 19.9 Å². The van der Waals surface area contributed by atoms with Crippen LogP contribution in [0.1, 0.15) is 18.9 Å². The Morgan fingerprint density at radius 2 is 2.00 bits per heavy atom. The van der Waals surface area contributed by atoms with Crippen LogP contribution in [0, 0.1) is 0 Å². The number of carbonyl (C=O) groups is 1. The number of amides is 1. The lowest BCUT2D eigenvalue weighted by molar-refractivity contribution is -0.122. The van der Waals surface area contributed by atoms with Crippen molar-refractivity contribution < 1.29 is 14.6 Å². The van der Waals surface area contributed by atoms with Gasteiger partial charge < -0.3 is 15.2 Å². The van der Waals surface area contributed by atoms with Crippen molar-refractivity contribution in [1.82, 2.24) is 15.1 Å². The lowest BCUT2D eigenvalue weighted by atomic mass is 10.2. The molecule has 0 saturated carbocycles. The summed E-state index contributed by atoms with van der Waals surface area (Å²) in [5.74, 6) is 0.897. The molecule has 0 bridgehead atoms. The van der Waals surface area contributed by atoms with Gasteiger partial charge in [0.05, 0.1) is 19.8 Å². The first kappa shape index (κ1) is 18.7. The van der Waals surface area contributed by atoms with Crippen LogP contribution in [0.25, 0.3) is 0 Å². The van der Waals surface area contributed by atoms with Crippen LogP contribution in [-0.4, -0.2) is 73.3 Å². The Hall–Kier alpha value is -1.63. The molecule has 1 aliphatic rings. The number of hydrogen-bond acceptors (Lipinski definition) is 5. The van der Waals surface area contributed by atoms with Crippen LogP contribution in [0.5, 0.6) is 5.75 Å². The summed E-state index contributed by atoms with van der Waals surface area (Å²) in [5.41, 5.74) is 1.05. The minimum absolute atomic E-state index is 0.0467. The Morgan fingerprint density at radius 3 is 2.71 bits per heavy atom. The number of β-amino-alcohol motifs (C(OH)–C–C–N with tert-alkyl or cyclic N) is 1. The zero-order valence-corrected chi connectivity index (χ0v) is 14.5. The maximum Gasteiger partial charge on any atom is 0.234 e. The number of aliphatic hydroxyl groups is 1. The van der Waals surface area contributed by atoms with Crippen LogP contribution in [0.3, 0.4) is 0 Å². The highest BCUT2D eigenvalue weighted by Gasteiger charge is 2.18. The van der Waals surface area contributed by atoms with E-state index in [1.165, 1.54) is 0 Å². The third-order valence-electron chi connectivity index (χ3n) is 4.11. The summed E-state index contributed by atoms with van der Waals surface area (Å²) in [6.45, 7) is 8.20. The van der Waals surface area contributed by atoms with E-state index >= 15 is 0 Å². The number of piperazine rings is 1. The molecular formula is C18H29N3O3. The number of aliphatic hydroxyl groups excluding tert-OH is 1. The largest absolute Gasteiger partial charge is 0.494 e. The van der Waals surface area contributed by atoms with E-state index in [9.17, 15) is 4.79 Å². The molecule has 1 amide bonds. The highest BCUT2D eigenvalue weighted by Crippen LogP contribution is 2.13. The van der Waals surface area contributed by atoms with E-state index in [-0.39, 0.29) is 12.5 Å². The van der Waals surface area contributed by atoms with Crippen molar-refractivity contribution in [3.05, 3.63) is 29.8 Å². The molecule has 2 N–H and O–H groups in total. The van der Waals surface area contributed by atoms with Gasteiger partial charge in [0.25, 0.3) is 0 Å². The predicted octanol–water partition coefficient (Wildman–Crippen LogP) is 0.702. The number of carbonyl (C=O) groups excluding carboxylic acids is 1. The van der Waals surface area contributed by atoms with E-state index in [1.807, 2.05) is 24.3 Å². The van der Waals surface area contributed by atoms with E-state index in [1.54, 1.807) is 0 Å². The van der Waals surface area contributed by atoms with Crippen LogP contribution >= 0.6 is 0 Å². The summed E-state index contributed by atoms with van der Waals surface area (Å²) >= 11 is 0. The van der Waals surface area contributed by atoms with Gasteiger partial charge in [-0.2, -0.15) is 0 Å². The summed E-state index contributed by atoms with van der Waals surface area (Å²) in [4.78, 5) is 16.5. The molecule has 1 aliphatic heterocycles. The van der Waals surface area contributed by atoms with Gasteiger partial charge in [0.1, 0.15) is 5.75 Å². The molecule has 0 aliphatic carbocycles. The van der Waals surface area contributed by atoms with Gasteiger partial charge in [-0.25, -0.2) is 0 Å². The molecule has 0 atom stereocenters. The highest BCUT2D eigenvalue weighted by molar-refractivity contribution is 5.78. The zero-order valence-electron chi connectivity index (χ0n) is 14.5. The van der Waals surface area contributed by atoms with Crippen LogP contribution in [0.15, 0.2) is 24.3 Å². The van der Waals surface area contributed by atoms with Crippen molar-refractivity contribution in [2.24, 2.45) is 0 Å². The topological polar surface area (TPSA) is 65.0 Å². The van der Waals surface area contributed by atoms with Crippen molar-refractivity contribution in [1.29, 1.82) is 0 Å². The Kier molecular flexibility index (Phi) is 8.01. The Labute approximate surface area is 144 Å². The molecule has 0 radical (unpaired) electrons. The van der Waals surface area contributed by atoms with Crippen LogP contribution in [0.2, 0.25) is 0 Å². The van der Waals surface area contributed by atoms with Gasteiger partial charge in [0.15, 0.2) is 0 Å². The van der Waals surface area contributed by atoms with Gasteiger partial charge in [-0.3, -0.25) is 14.6 Å². The molecule has 6 nitrogen and oxygen atoms in total. The second-order valence-corrected chi connectivity index (χ2v) is 6.11. The molecule has 24 heavy (non-hydrogen) atoms. The minimum Gasteiger partial charge on any atom is -0.494 e. The maximum absolute atomic E-state index is 12.1. The van der Waals surface area contributed by atoms with Gasteiger partial charge in [0, 0.05) is 39.3 Å². The predicted molar refractivity (Wildman–Crippen MR) is 94.0 cm³/mol. The average molecular weight is 335 g/mol. The first-order valence-corrected chi connectivity index (χ1v) is 8.75. The van der Waals surface area contributed by atoms with Crippen LogP contribution in [0.4, 0.5) is 0 Å². The molecule has 1 heterocycles. The van der Waals surface area contributed by atoms with Crippen LogP contribution in [-0.2, 0) is 11.3 Å². The fourth-order valence-corrected chi connectivity index (χ4v) is 2.74. The molecule has 0 unspecified atom stereocenters. The number of benzene rings is 1. The number of nitrogens with zero attached hydrogens (tertiary/aromatic N) is 2. The SMILES string of the molecule is CCCOc1cccc(CNC(=O)CN2CCN(CCO)CC2)c1. The number of rotatable bonds is 9. The van der Waals surface area contributed by atoms with Gasteiger partial charge in [0.2, 0.25) is 5.91 Å². The lowest BCUT2D eigenvalue weighted by Gasteiger charge is -2.33.